The Hall–Kier alpha value is -2.94. The Morgan fingerprint density at radius 2 is 1.45 bits per heavy atom. The molecule has 1 aliphatic rings. The van der Waals surface area contributed by atoms with Crippen molar-refractivity contribution in [2.75, 3.05) is 57.8 Å². The number of unbranched alkanes of at least 4 members (excludes halogenated alkanes) is 12. The van der Waals surface area contributed by atoms with Crippen LogP contribution in [0.3, 0.4) is 0 Å². The predicted octanol–water partition coefficient (Wildman–Crippen LogP) is 11.2. The lowest BCUT2D eigenvalue weighted by molar-refractivity contribution is 0.00616. The summed E-state index contributed by atoms with van der Waals surface area (Å²) in [6.45, 7) is 12.2. The molecule has 2 heterocycles. The number of benzene rings is 2. The summed E-state index contributed by atoms with van der Waals surface area (Å²) in [7, 11) is 1.78. The molecule has 1 aliphatic heterocycles. The van der Waals surface area contributed by atoms with Crippen LogP contribution in [0.5, 0.6) is 5.75 Å². The molecule has 53 heavy (non-hydrogen) atoms. The molecule has 2 aromatic carbocycles. The van der Waals surface area contributed by atoms with Gasteiger partial charge in [0.1, 0.15) is 5.75 Å². The van der Waals surface area contributed by atoms with Crippen molar-refractivity contribution in [3.8, 4) is 5.75 Å². The van der Waals surface area contributed by atoms with Crippen molar-refractivity contribution in [1.82, 2.24) is 14.4 Å². The summed E-state index contributed by atoms with van der Waals surface area (Å²) in [6.07, 6.45) is 16.1. The van der Waals surface area contributed by atoms with Crippen molar-refractivity contribution in [2.24, 2.45) is 5.92 Å². The number of halogens is 2. The molecular weight excluding hydrogens is 707 g/mol. The zero-order valence-corrected chi connectivity index (χ0v) is 34.3. The van der Waals surface area contributed by atoms with Crippen molar-refractivity contribution >= 4 is 45.9 Å². The van der Waals surface area contributed by atoms with Crippen LogP contribution in [0.4, 0.5) is 10.5 Å². The smallest absolute Gasteiger partial charge is 0.411 e. The predicted molar refractivity (Wildman–Crippen MR) is 222 cm³/mol. The highest BCUT2D eigenvalue weighted by Gasteiger charge is 2.25. The van der Waals surface area contributed by atoms with Crippen molar-refractivity contribution in [2.45, 2.75) is 117 Å². The molecule has 0 bridgehead atoms. The number of pyridine rings is 1. The maximum atomic E-state index is 13.3. The lowest BCUT2D eigenvalue weighted by atomic mass is 10.1. The van der Waals surface area contributed by atoms with Crippen LogP contribution >= 0.6 is 23.2 Å². The van der Waals surface area contributed by atoms with Crippen LogP contribution in [0, 0.1) is 5.92 Å². The number of amides is 1. The van der Waals surface area contributed by atoms with Crippen LogP contribution in [-0.2, 0) is 4.74 Å². The fourth-order valence-corrected chi connectivity index (χ4v) is 7.54. The van der Waals surface area contributed by atoms with Gasteiger partial charge < -0.3 is 19.3 Å². The summed E-state index contributed by atoms with van der Waals surface area (Å²) in [5, 5.41) is 2.11. The van der Waals surface area contributed by atoms with Gasteiger partial charge >= 0.3 is 6.09 Å². The fourth-order valence-electron chi connectivity index (χ4n) is 7.12. The zero-order chi connectivity index (χ0) is 38.0. The van der Waals surface area contributed by atoms with Crippen molar-refractivity contribution < 1.29 is 14.3 Å². The normalized spacial score (nSPS) is 14.2. The van der Waals surface area contributed by atoms with E-state index in [1.54, 1.807) is 22.6 Å². The first-order valence-corrected chi connectivity index (χ1v) is 21.1. The van der Waals surface area contributed by atoms with E-state index in [0.717, 1.165) is 69.5 Å². The molecule has 1 aromatic heterocycles. The Morgan fingerprint density at radius 1 is 0.811 bits per heavy atom. The lowest BCUT2D eigenvalue weighted by Gasteiger charge is -2.36. The van der Waals surface area contributed by atoms with E-state index in [9.17, 15) is 9.59 Å². The highest BCUT2D eigenvalue weighted by atomic mass is 35.5. The van der Waals surface area contributed by atoms with Crippen LogP contribution in [0.25, 0.3) is 10.9 Å². The molecule has 1 fully saturated rings. The van der Waals surface area contributed by atoms with Gasteiger partial charge in [-0.05, 0) is 61.5 Å². The number of hydrogen-bond donors (Lipinski definition) is 0. The van der Waals surface area contributed by atoms with E-state index in [4.69, 9.17) is 32.7 Å². The number of ether oxygens (including phenoxy) is 2. The summed E-state index contributed by atoms with van der Waals surface area (Å²) in [6, 6.07) is 15.0. The summed E-state index contributed by atoms with van der Waals surface area (Å²) >= 11 is 12.7. The minimum atomic E-state index is -0.742. The maximum absolute atomic E-state index is 13.3. The number of nitrogens with zero attached hydrogens (tertiary/aromatic N) is 4. The number of hydrogen-bond acceptors (Lipinski definition) is 6. The van der Waals surface area contributed by atoms with E-state index in [0.29, 0.717) is 34.5 Å². The highest BCUT2D eigenvalue weighted by molar-refractivity contribution is 6.43. The average Bonchev–Trinajstić information content (AvgIpc) is 3.15. The number of piperazine rings is 1. The number of carbonyl (C=O) groups excluding carboxylic acids is 1. The van der Waals surface area contributed by atoms with Crippen LogP contribution in [-0.4, -0.2) is 73.4 Å². The molecule has 1 saturated heterocycles. The Labute approximate surface area is 328 Å². The minimum absolute atomic E-state index is 0.115. The van der Waals surface area contributed by atoms with Gasteiger partial charge in [0, 0.05) is 57.8 Å². The molecule has 0 N–H and O–H groups in total. The Kier molecular flexibility index (Phi) is 18.6. The lowest BCUT2D eigenvalue weighted by Crippen LogP contribution is -2.46. The van der Waals surface area contributed by atoms with Gasteiger partial charge in [-0.2, -0.15) is 0 Å². The second kappa shape index (κ2) is 23.1. The van der Waals surface area contributed by atoms with Gasteiger partial charge in [-0.25, -0.2) is 4.79 Å². The SMILES string of the molecule is CCCCCCCCCCCCCCN(C)C(=O)OC(C(C)C)n1c(=O)ccc2ccc(OCCCCN3CCN(c4cccc(Cl)c4Cl)CC3)cc21. The quantitative estimate of drug-likeness (QED) is 0.0895. The second-order valence-electron chi connectivity index (χ2n) is 15.0. The number of anilines is 1. The Bertz CT molecular complexity index is 1590. The summed E-state index contributed by atoms with van der Waals surface area (Å²) in [5.74, 6) is 0.581. The van der Waals surface area contributed by atoms with Gasteiger partial charge in [0.15, 0.2) is 6.23 Å². The largest absolute Gasteiger partial charge is 0.494 e. The number of aromatic nitrogens is 1. The molecule has 8 nitrogen and oxygen atoms in total. The number of fused-ring (bicyclic) bond motifs is 1. The van der Waals surface area contributed by atoms with Gasteiger partial charge in [0.2, 0.25) is 0 Å². The van der Waals surface area contributed by atoms with E-state index in [1.807, 2.05) is 56.3 Å². The van der Waals surface area contributed by atoms with Gasteiger partial charge in [-0.1, -0.05) is 121 Å². The van der Waals surface area contributed by atoms with E-state index in [-0.39, 0.29) is 11.5 Å². The Morgan fingerprint density at radius 3 is 2.11 bits per heavy atom. The molecule has 1 unspecified atom stereocenters. The molecule has 4 rings (SSSR count). The standard InChI is InChI=1S/C43H64Cl2N4O4/c1-5-6-7-8-9-10-11-12-13-14-15-16-26-46(4)43(51)53-42(34(2)3)49-39-33-36(24-22-35(39)23-25-40(49)50)52-32-18-17-27-47-28-30-48(31-29-47)38-21-19-20-37(44)41(38)45/h19-25,33-34,42H,5-18,26-32H2,1-4H3. The van der Waals surface area contributed by atoms with Crippen molar-refractivity contribution in [1.29, 1.82) is 0 Å². The highest BCUT2D eigenvalue weighted by Crippen LogP contribution is 2.33. The van der Waals surface area contributed by atoms with Crippen LogP contribution in [0.15, 0.2) is 53.3 Å². The first kappa shape index (κ1) is 42.8. The van der Waals surface area contributed by atoms with Crippen molar-refractivity contribution in [3.63, 3.8) is 0 Å². The fraction of sp³-hybridized carbons (Fsp3) is 0.628. The third kappa shape index (κ3) is 13.7. The summed E-state index contributed by atoms with van der Waals surface area (Å²) in [5.41, 5.74) is 1.49. The van der Waals surface area contributed by atoms with Gasteiger partial charge in [0.05, 0.1) is 27.9 Å². The minimum Gasteiger partial charge on any atom is -0.494 e. The average molecular weight is 772 g/mol. The summed E-state index contributed by atoms with van der Waals surface area (Å²) < 4.78 is 13.8. The molecule has 0 aliphatic carbocycles. The van der Waals surface area contributed by atoms with E-state index in [2.05, 4.69) is 16.7 Å². The van der Waals surface area contributed by atoms with E-state index >= 15 is 0 Å². The molecule has 1 amide bonds. The molecule has 10 heteroatoms. The molecular formula is C43H64Cl2N4O4. The topological polar surface area (TPSA) is 67.2 Å². The van der Waals surface area contributed by atoms with Crippen LogP contribution in [0.1, 0.15) is 117 Å². The maximum Gasteiger partial charge on any atom is 0.411 e. The third-order valence-electron chi connectivity index (χ3n) is 10.4. The molecule has 0 radical (unpaired) electrons. The molecule has 294 valence electrons. The van der Waals surface area contributed by atoms with Gasteiger partial charge in [-0.15, -0.1) is 0 Å². The summed E-state index contributed by atoms with van der Waals surface area (Å²) in [4.78, 5) is 33.0. The third-order valence-corrected chi connectivity index (χ3v) is 11.2. The molecule has 1 atom stereocenters. The first-order chi connectivity index (χ1) is 25.7. The van der Waals surface area contributed by atoms with Crippen LogP contribution < -0.4 is 15.2 Å². The van der Waals surface area contributed by atoms with Crippen LogP contribution in [0.2, 0.25) is 10.0 Å². The Balaban J connectivity index is 1.21. The molecule has 0 spiro atoms. The first-order valence-electron chi connectivity index (χ1n) is 20.3. The molecule has 0 saturated carbocycles. The number of carbonyl (C=O) groups is 1. The monoisotopic (exact) mass is 770 g/mol. The van der Waals surface area contributed by atoms with Gasteiger partial charge in [0.25, 0.3) is 5.56 Å². The van der Waals surface area contributed by atoms with E-state index < -0.39 is 12.3 Å². The second-order valence-corrected chi connectivity index (χ2v) is 15.8. The van der Waals surface area contributed by atoms with Crippen molar-refractivity contribution in [3.05, 3.63) is 68.9 Å². The number of rotatable bonds is 23. The molecule has 3 aromatic rings. The van der Waals surface area contributed by atoms with Gasteiger partial charge in [-0.3, -0.25) is 14.3 Å². The zero-order valence-electron chi connectivity index (χ0n) is 32.8. The van der Waals surface area contributed by atoms with E-state index in [1.165, 1.54) is 64.2 Å².